The average molecular weight is 412 g/mol. The molecule has 27 heavy (non-hydrogen) atoms. The normalized spacial score (nSPS) is 19.4. The van der Waals surface area contributed by atoms with E-state index in [-0.39, 0.29) is 17.3 Å². The van der Waals surface area contributed by atoms with Crippen molar-refractivity contribution in [1.29, 1.82) is 0 Å². The Morgan fingerprint density at radius 2 is 2.00 bits per heavy atom. The Kier molecular flexibility index (Phi) is 5.57. The number of hydrogen-bond donors (Lipinski definition) is 1. The minimum atomic E-state index is -3.11. The van der Waals surface area contributed by atoms with Gasteiger partial charge in [0.15, 0.2) is 15.9 Å². The second kappa shape index (κ2) is 7.74. The van der Waals surface area contributed by atoms with Gasteiger partial charge in [0.05, 0.1) is 16.5 Å². The molecule has 144 valence electrons. The molecular formula is C18H18ClNO6S. The van der Waals surface area contributed by atoms with Crippen LogP contribution < -0.4 is 5.32 Å². The number of amides is 1. The Labute approximate surface area is 161 Å². The molecule has 2 aromatic rings. The van der Waals surface area contributed by atoms with Gasteiger partial charge in [0.2, 0.25) is 5.76 Å². The number of ether oxygens (including phenoxy) is 1. The van der Waals surface area contributed by atoms with Gasteiger partial charge in [-0.3, -0.25) is 4.79 Å². The van der Waals surface area contributed by atoms with Gasteiger partial charge in [-0.1, -0.05) is 23.7 Å². The van der Waals surface area contributed by atoms with E-state index in [0.29, 0.717) is 22.8 Å². The Morgan fingerprint density at radius 3 is 2.67 bits per heavy atom. The lowest BCUT2D eigenvalue weighted by Gasteiger charge is -2.16. The number of hydrogen-bond acceptors (Lipinski definition) is 6. The number of esters is 1. The first-order valence-electron chi connectivity index (χ1n) is 8.32. The summed E-state index contributed by atoms with van der Waals surface area (Å²) in [6.45, 7) is 1.41. The number of nitrogens with one attached hydrogen (secondary N) is 1. The molecule has 1 aliphatic heterocycles. The summed E-state index contributed by atoms with van der Waals surface area (Å²) in [5, 5.41) is 3.06. The van der Waals surface area contributed by atoms with Crippen LogP contribution in [-0.4, -0.2) is 43.9 Å². The maximum atomic E-state index is 12.2. The van der Waals surface area contributed by atoms with Crippen molar-refractivity contribution >= 4 is 33.3 Å². The van der Waals surface area contributed by atoms with E-state index in [1.165, 1.54) is 13.0 Å². The highest BCUT2D eigenvalue weighted by atomic mass is 35.5. The average Bonchev–Trinajstić information content (AvgIpc) is 3.22. The van der Waals surface area contributed by atoms with Gasteiger partial charge in [0.25, 0.3) is 5.91 Å². The summed E-state index contributed by atoms with van der Waals surface area (Å²) in [5.74, 6) is -1.06. The molecule has 1 amide bonds. The molecule has 2 atom stereocenters. The van der Waals surface area contributed by atoms with Crippen molar-refractivity contribution in [2.75, 3.05) is 11.5 Å². The van der Waals surface area contributed by atoms with Crippen LogP contribution in [0.1, 0.15) is 23.9 Å². The lowest BCUT2D eigenvalue weighted by Crippen LogP contribution is -2.42. The van der Waals surface area contributed by atoms with Crippen LogP contribution in [0.5, 0.6) is 0 Å². The summed E-state index contributed by atoms with van der Waals surface area (Å²) in [5.41, 5.74) is 0.631. The number of benzene rings is 1. The first-order chi connectivity index (χ1) is 12.7. The fourth-order valence-electron chi connectivity index (χ4n) is 2.75. The first-order valence-corrected chi connectivity index (χ1v) is 10.5. The van der Waals surface area contributed by atoms with Gasteiger partial charge in [-0.25, -0.2) is 13.2 Å². The van der Waals surface area contributed by atoms with E-state index in [1.54, 1.807) is 30.3 Å². The van der Waals surface area contributed by atoms with Gasteiger partial charge in [0.1, 0.15) is 5.76 Å². The van der Waals surface area contributed by atoms with E-state index in [2.05, 4.69) is 5.32 Å². The largest absolute Gasteiger partial charge is 0.449 e. The van der Waals surface area contributed by atoms with E-state index >= 15 is 0 Å². The zero-order valence-corrected chi connectivity index (χ0v) is 16.0. The molecule has 1 fully saturated rings. The Balaban J connectivity index is 1.60. The molecule has 0 spiro atoms. The minimum Gasteiger partial charge on any atom is -0.449 e. The van der Waals surface area contributed by atoms with E-state index in [9.17, 15) is 18.0 Å². The Hall–Kier alpha value is -2.32. The molecular weight excluding hydrogens is 394 g/mol. The molecule has 2 heterocycles. The molecule has 7 nitrogen and oxygen atoms in total. The van der Waals surface area contributed by atoms with Crippen LogP contribution in [0.15, 0.2) is 40.8 Å². The summed E-state index contributed by atoms with van der Waals surface area (Å²) in [6, 6.07) is 9.59. The molecule has 1 aromatic heterocycles. The summed E-state index contributed by atoms with van der Waals surface area (Å²) in [7, 11) is -3.11. The van der Waals surface area contributed by atoms with E-state index in [1.807, 2.05) is 0 Å². The molecule has 1 aromatic carbocycles. The number of sulfone groups is 1. The van der Waals surface area contributed by atoms with Gasteiger partial charge in [-0.15, -0.1) is 0 Å². The van der Waals surface area contributed by atoms with E-state index in [0.717, 1.165) is 0 Å². The summed E-state index contributed by atoms with van der Waals surface area (Å²) in [4.78, 5) is 24.3. The maximum absolute atomic E-state index is 12.2. The highest BCUT2D eigenvalue weighted by molar-refractivity contribution is 7.91. The number of carbonyl (C=O) groups is 2. The van der Waals surface area contributed by atoms with Crippen LogP contribution in [-0.2, 0) is 19.4 Å². The molecule has 0 bridgehead atoms. The zero-order valence-electron chi connectivity index (χ0n) is 14.5. The molecule has 9 heteroatoms. The van der Waals surface area contributed by atoms with Gasteiger partial charge in [0, 0.05) is 11.6 Å². The van der Waals surface area contributed by atoms with Crippen LogP contribution in [0, 0.1) is 0 Å². The third-order valence-corrected chi connectivity index (χ3v) is 6.28. The van der Waals surface area contributed by atoms with Gasteiger partial charge >= 0.3 is 5.97 Å². The van der Waals surface area contributed by atoms with Gasteiger partial charge in [-0.05, 0) is 37.6 Å². The molecule has 0 aliphatic carbocycles. The Morgan fingerprint density at radius 1 is 1.26 bits per heavy atom. The van der Waals surface area contributed by atoms with Gasteiger partial charge in [-0.2, -0.15) is 0 Å². The molecule has 1 N–H and O–H groups in total. The van der Waals surface area contributed by atoms with Crippen LogP contribution in [0.2, 0.25) is 5.02 Å². The lowest BCUT2D eigenvalue weighted by atomic mass is 10.2. The predicted octanol–water partition coefficient (Wildman–Crippen LogP) is 2.45. The highest BCUT2D eigenvalue weighted by Crippen LogP contribution is 2.29. The van der Waals surface area contributed by atoms with Crippen molar-refractivity contribution in [2.45, 2.75) is 25.5 Å². The van der Waals surface area contributed by atoms with Crippen molar-refractivity contribution < 1.29 is 27.2 Å². The van der Waals surface area contributed by atoms with Gasteiger partial charge < -0.3 is 14.5 Å². The number of furan rings is 1. The quantitative estimate of drug-likeness (QED) is 0.758. The van der Waals surface area contributed by atoms with Crippen LogP contribution >= 0.6 is 11.6 Å². The van der Waals surface area contributed by atoms with Crippen LogP contribution in [0.4, 0.5) is 0 Å². The molecule has 0 radical (unpaired) electrons. The molecule has 1 saturated heterocycles. The van der Waals surface area contributed by atoms with E-state index in [4.69, 9.17) is 20.8 Å². The van der Waals surface area contributed by atoms with Crippen LogP contribution in [0.25, 0.3) is 11.3 Å². The van der Waals surface area contributed by atoms with Crippen molar-refractivity contribution in [1.82, 2.24) is 5.32 Å². The second-order valence-corrected chi connectivity index (χ2v) is 8.94. The van der Waals surface area contributed by atoms with Crippen molar-refractivity contribution in [2.24, 2.45) is 0 Å². The summed E-state index contributed by atoms with van der Waals surface area (Å²) < 4.78 is 33.5. The molecule has 1 aliphatic rings. The fraction of sp³-hybridized carbons (Fsp3) is 0.333. The number of halogens is 1. The van der Waals surface area contributed by atoms with Crippen LogP contribution in [0.3, 0.4) is 0 Å². The standard InChI is InChI=1S/C18H18ClNO6S/c1-11(17(21)20-12-8-9-27(23,24)10-12)25-18(22)16-7-6-15(26-16)13-4-2-3-5-14(13)19/h2-7,11-12H,8-10H2,1H3,(H,20,21)/t11-,12-/m1/s1. The maximum Gasteiger partial charge on any atom is 0.375 e. The topological polar surface area (TPSA) is 103 Å². The third-order valence-electron chi connectivity index (χ3n) is 4.18. The first kappa shape index (κ1) is 19.4. The van der Waals surface area contributed by atoms with Crippen molar-refractivity contribution in [3.63, 3.8) is 0 Å². The lowest BCUT2D eigenvalue weighted by molar-refractivity contribution is -0.129. The highest BCUT2D eigenvalue weighted by Gasteiger charge is 2.31. The van der Waals surface area contributed by atoms with Crippen molar-refractivity contribution in [3.8, 4) is 11.3 Å². The Bertz CT molecular complexity index is 968. The summed E-state index contributed by atoms with van der Waals surface area (Å²) >= 11 is 6.10. The number of carbonyl (C=O) groups excluding carboxylic acids is 2. The van der Waals surface area contributed by atoms with E-state index < -0.39 is 33.9 Å². The minimum absolute atomic E-state index is 0.0450. The SMILES string of the molecule is C[C@@H](OC(=O)c1ccc(-c2ccccc2Cl)o1)C(=O)N[C@@H]1CCS(=O)(=O)C1. The predicted molar refractivity (Wildman–Crippen MR) is 99.2 cm³/mol. The third kappa shape index (κ3) is 4.70. The molecule has 3 rings (SSSR count). The smallest absolute Gasteiger partial charge is 0.375 e. The summed E-state index contributed by atoms with van der Waals surface area (Å²) in [6.07, 6.45) is -0.733. The molecule has 0 saturated carbocycles. The second-order valence-electron chi connectivity index (χ2n) is 6.30. The van der Waals surface area contributed by atoms with Crippen molar-refractivity contribution in [3.05, 3.63) is 47.2 Å². The zero-order chi connectivity index (χ0) is 19.6. The monoisotopic (exact) mass is 411 g/mol. The number of rotatable bonds is 5. The fourth-order valence-corrected chi connectivity index (χ4v) is 4.66. The molecule has 0 unspecified atom stereocenters.